The van der Waals surface area contributed by atoms with Crippen molar-refractivity contribution in [1.82, 2.24) is 4.57 Å². The summed E-state index contributed by atoms with van der Waals surface area (Å²) in [4.78, 5) is 12.2. The molecule has 0 aliphatic heterocycles. The van der Waals surface area contributed by atoms with Gasteiger partial charge in [0, 0.05) is 23.3 Å². The number of aldehydes is 1. The Kier molecular flexibility index (Phi) is 6.23. The Balaban J connectivity index is 1.94. The molecule has 4 nitrogen and oxygen atoms in total. The Labute approximate surface area is 185 Å². The summed E-state index contributed by atoms with van der Waals surface area (Å²) < 4.78 is 23.5. The summed E-state index contributed by atoms with van der Waals surface area (Å²) in [7, 11) is -1.68. The monoisotopic (exact) mass is 437 g/mol. The molecule has 3 aromatic rings. The number of benzene rings is 2. The standard InChI is InChI=1S/C26H32NO3P/c1-18(2)21-15-14-19(3)16-25(21)30-31(29,20-10-6-5-7-11-20)26-22-12-8-9-13-23(22)27(4)24(26)17-28/h5-13,17-19,21,25H,14-16H2,1-4H3/t19-,21-,25+,31?/m0/s1. The quantitative estimate of drug-likeness (QED) is 0.367. The highest BCUT2D eigenvalue weighted by Gasteiger charge is 2.41. The van der Waals surface area contributed by atoms with Gasteiger partial charge in [-0.3, -0.25) is 9.36 Å². The third kappa shape index (κ3) is 3.92. The maximum atomic E-state index is 15.0. The number of rotatable bonds is 6. The van der Waals surface area contributed by atoms with Crippen molar-refractivity contribution in [2.45, 2.75) is 46.1 Å². The second kappa shape index (κ2) is 8.76. The van der Waals surface area contributed by atoms with Gasteiger partial charge in [0.2, 0.25) is 0 Å². The van der Waals surface area contributed by atoms with E-state index in [1.165, 1.54) is 6.42 Å². The van der Waals surface area contributed by atoms with Gasteiger partial charge in [0.05, 0.1) is 17.1 Å². The van der Waals surface area contributed by atoms with Crippen LogP contribution in [0.5, 0.6) is 0 Å². The lowest BCUT2D eigenvalue weighted by molar-refractivity contribution is 0.0514. The molecule has 0 spiro atoms. The number of hydrogen-bond donors (Lipinski definition) is 0. The number of carbonyl (C=O) groups is 1. The number of carbonyl (C=O) groups excluding carboxylic acids is 1. The number of aromatic nitrogens is 1. The van der Waals surface area contributed by atoms with Crippen LogP contribution >= 0.6 is 7.37 Å². The van der Waals surface area contributed by atoms with Gasteiger partial charge in [-0.05, 0) is 48.8 Å². The zero-order valence-corrected chi connectivity index (χ0v) is 19.7. The zero-order chi connectivity index (χ0) is 22.2. The number of para-hydroxylation sites is 1. The van der Waals surface area contributed by atoms with Crippen molar-refractivity contribution in [1.29, 1.82) is 0 Å². The second-order valence-corrected chi connectivity index (χ2v) is 11.6. The molecule has 1 aromatic heterocycles. The van der Waals surface area contributed by atoms with Crippen LogP contribution in [0.1, 0.15) is 50.5 Å². The third-order valence-corrected chi connectivity index (χ3v) is 9.48. The number of hydrogen-bond acceptors (Lipinski definition) is 3. The van der Waals surface area contributed by atoms with Gasteiger partial charge in [0.1, 0.15) is 0 Å². The summed E-state index contributed by atoms with van der Waals surface area (Å²) >= 11 is 0. The minimum atomic E-state index is -3.53. The van der Waals surface area contributed by atoms with Gasteiger partial charge >= 0.3 is 0 Å². The largest absolute Gasteiger partial charge is 0.341 e. The molecule has 0 saturated heterocycles. The van der Waals surface area contributed by atoms with Gasteiger partial charge in [0.15, 0.2) is 6.29 Å². The summed E-state index contributed by atoms with van der Waals surface area (Å²) in [5.74, 6) is 1.32. The molecule has 2 aromatic carbocycles. The van der Waals surface area contributed by atoms with Crippen molar-refractivity contribution >= 4 is 35.2 Å². The van der Waals surface area contributed by atoms with Crippen LogP contribution in [0.3, 0.4) is 0 Å². The Morgan fingerprint density at radius 2 is 1.74 bits per heavy atom. The molecule has 4 rings (SSSR count). The fourth-order valence-corrected chi connectivity index (χ4v) is 7.81. The van der Waals surface area contributed by atoms with E-state index in [1.54, 1.807) is 0 Å². The van der Waals surface area contributed by atoms with Crippen LogP contribution in [0.2, 0.25) is 0 Å². The SMILES string of the molecule is CC(C)[C@@H]1CC[C@H](C)C[C@H]1OP(=O)(c1ccccc1)c1c(C=O)n(C)c2ccccc12. The topological polar surface area (TPSA) is 48.3 Å². The van der Waals surface area contributed by atoms with Crippen molar-refractivity contribution in [3.05, 3.63) is 60.3 Å². The molecule has 1 saturated carbocycles. The predicted molar refractivity (Wildman–Crippen MR) is 128 cm³/mol. The first-order valence-electron chi connectivity index (χ1n) is 11.2. The van der Waals surface area contributed by atoms with E-state index in [-0.39, 0.29) is 6.10 Å². The van der Waals surface area contributed by atoms with Gasteiger partial charge in [-0.15, -0.1) is 0 Å². The van der Waals surface area contributed by atoms with Gasteiger partial charge in [-0.25, -0.2) is 0 Å². The number of aryl methyl sites for hydroxylation is 1. The van der Waals surface area contributed by atoms with Crippen LogP contribution in [0, 0.1) is 17.8 Å². The molecule has 0 amide bonds. The van der Waals surface area contributed by atoms with Gasteiger partial charge in [-0.1, -0.05) is 63.6 Å². The molecule has 31 heavy (non-hydrogen) atoms. The summed E-state index contributed by atoms with van der Waals surface area (Å²) in [5.41, 5.74) is 1.31. The van der Waals surface area contributed by atoms with E-state index in [0.29, 0.717) is 34.1 Å². The van der Waals surface area contributed by atoms with E-state index in [4.69, 9.17) is 4.52 Å². The van der Waals surface area contributed by atoms with E-state index in [2.05, 4.69) is 20.8 Å². The lowest BCUT2D eigenvalue weighted by Crippen LogP contribution is -2.36. The molecule has 1 heterocycles. The Morgan fingerprint density at radius 3 is 2.42 bits per heavy atom. The molecule has 1 aliphatic carbocycles. The molecule has 0 N–H and O–H groups in total. The second-order valence-electron chi connectivity index (χ2n) is 9.28. The van der Waals surface area contributed by atoms with Gasteiger partial charge in [-0.2, -0.15) is 0 Å². The van der Waals surface area contributed by atoms with Gasteiger partial charge < -0.3 is 9.09 Å². The molecule has 4 atom stereocenters. The van der Waals surface area contributed by atoms with Crippen LogP contribution in [0.4, 0.5) is 0 Å². The number of nitrogens with zero attached hydrogens (tertiary/aromatic N) is 1. The minimum absolute atomic E-state index is 0.103. The smallest absolute Gasteiger partial charge is 0.264 e. The highest BCUT2D eigenvalue weighted by molar-refractivity contribution is 7.75. The molecule has 1 aliphatic rings. The molecule has 0 radical (unpaired) electrons. The van der Waals surface area contributed by atoms with E-state index >= 15 is 0 Å². The summed E-state index contributed by atoms with van der Waals surface area (Å²) in [6.45, 7) is 6.69. The molecule has 5 heteroatoms. The van der Waals surface area contributed by atoms with Crippen molar-refractivity contribution < 1.29 is 13.9 Å². The van der Waals surface area contributed by atoms with Crippen LogP contribution in [0.15, 0.2) is 54.6 Å². The van der Waals surface area contributed by atoms with E-state index in [9.17, 15) is 9.36 Å². The fourth-order valence-electron chi connectivity index (χ4n) is 5.13. The van der Waals surface area contributed by atoms with Crippen LogP contribution in [-0.4, -0.2) is 17.0 Å². The maximum Gasteiger partial charge on any atom is 0.264 e. The highest BCUT2D eigenvalue weighted by atomic mass is 31.2. The van der Waals surface area contributed by atoms with Crippen molar-refractivity contribution in [2.75, 3.05) is 0 Å². The first kappa shape index (κ1) is 22.0. The molecule has 0 bridgehead atoms. The van der Waals surface area contributed by atoms with Crippen LogP contribution < -0.4 is 10.6 Å². The fraction of sp³-hybridized carbons (Fsp3) is 0.423. The van der Waals surface area contributed by atoms with Crippen molar-refractivity contribution in [3.8, 4) is 0 Å². The summed E-state index contributed by atoms with van der Waals surface area (Å²) in [6.07, 6.45) is 3.85. The molecule has 1 unspecified atom stereocenters. The molecule has 1 fully saturated rings. The predicted octanol–water partition coefficient (Wildman–Crippen LogP) is 5.70. The molecular formula is C26H32NO3P. The normalized spacial score (nSPS) is 23.7. The molecular weight excluding hydrogens is 405 g/mol. The van der Waals surface area contributed by atoms with E-state index in [1.807, 2.05) is 66.2 Å². The van der Waals surface area contributed by atoms with Crippen LogP contribution in [0.25, 0.3) is 10.9 Å². The summed E-state index contributed by atoms with van der Waals surface area (Å²) in [5, 5.41) is 2.01. The highest BCUT2D eigenvalue weighted by Crippen LogP contribution is 2.52. The lowest BCUT2D eigenvalue weighted by atomic mass is 9.75. The Bertz CT molecular complexity index is 1120. The maximum absolute atomic E-state index is 15.0. The van der Waals surface area contributed by atoms with E-state index < -0.39 is 7.37 Å². The van der Waals surface area contributed by atoms with E-state index in [0.717, 1.165) is 30.0 Å². The van der Waals surface area contributed by atoms with Gasteiger partial charge in [0.25, 0.3) is 7.37 Å². The summed E-state index contributed by atoms with van der Waals surface area (Å²) in [6, 6.07) is 17.2. The molecule has 164 valence electrons. The average molecular weight is 438 g/mol. The van der Waals surface area contributed by atoms with Crippen molar-refractivity contribution in [2.24, 2.45) is 24.8 Å². The third-order valence-electron chi connectivity index (χ3n) is 6.87. The Hall–Kier alpha value is -2.16. The first-order chi connectivity index (χ1) is 14.9. The van der Waals surface area contributed by atoms with Crippen molar-refractivity contribution in [3.63, 3.8) is 0 Å². The number of fused-ring (bicyclic) bond motifs is 1. The first-order valence-corrected chi connectivity index (χ1v) is 12.9. The Morgan fingerprint density at radius 1 is 1.06 bits per heavy atom. The lowest BCUT2D eigenvalue weighted by Gasteiger charge is -2.39. The van der Waals surface area contributed by atoms with Crippen LogP contribution in [-0.2, 0) is 16.1 Å². The zero-order valence-electron chi connectivity index (χ0n) is 18.8. The average Bonchev–Trinajstić information content (AvgIpc) is 3.06. The minimum Gasteiger partial charge on any atom is -0.341 e.